The van der Waals surface area contributed by atoms with Crippen molar-refractivity contribution in [3.8, 4) is 0 Å². The van der Waals surface area contributed by atoms with E-state index in [-0.39, 0.29) is 6.04 Å². The molecule has 3 nitrogen and oxygen atoms in total. The van der Waals surface area contributed by atoms with Crippen LogP contribution in [0.3, 0.4) is 0 Å². The predicted octanol–water partition coefficient (Wildman–Crippen LogP) is 2.52. The average Bonchev–Trinajstić information content (AvgIpc) is 2.16. The lowest BCUT2D eigenvalue weighted by atomic mass is 10.0. The van der Waals surface area contributed by atoms with Crippen LogP contribution in [0.5, 0.6) is 0 Å². The molecule has 0 amide bonds. The Kier molecular flexibility index (Phi) is 4.85. The van der Waals surface area contributed by atoms with E-state index in [1.165, 1.54) is 0 Å². The highest BCUT2D eigenvalue weighted by Gasteiger charge is 2.05. The third kappa shape index (κ3) is 5.00. The quantitative estimate of drug-likeness (QED) is 0.813. The van der Waals surface area contributed by atoms with Gasteiger partial charge in [0.25, 0.3) is 0 Å². The fourth-order valence-corrected chi connectivity index (χ4v) is 1.52. The summed E-state index contributed by atoms with van der Waals surface area (Å²) in [5.74, 6) is 1.44. The van der Waals surface area contributed by atoms with Gasteiger partial charge in [0, 0.05) is 18.8 Å². The van der Waals surface area contributed by atoms with Gasteiger partial charge in [-0.25, -0.2) is 4.98 Å². The molecule has 0 aliphatic rings. The molecule has 15 heavy (non-hydrogen) atoms. The summed E-state index contributed by atoms with van der Waals surface area (Å²) in [5, 5.41) is 3.83. The van der Waals surface area contributed by atoms with Gasteiger partial charge in [0.2, 0.25) is 0 Å². The molecule has 0 saturated heterocycles. The van der Waals surface area contributed by atoms with Gasteiger partial charge in [-0.2, -0.15) is 0 Å². The third-order valence-electron chi connectivity index (χ3n) is 2.05. The molecular weight excluding hydrogens is 210 g/mol. The minimum absolute atomic E-state index is 0.169. The van der Waals surface area contributed by atoms with E-state index in [0.29, 0.717) is 10.9 Å². The summed E-state index contributed by atoms with van der Waals surface area (Å²) in [5.41, 5.74) is 5.94. The van der Waals surface area contributed by atoms with Gasteiger partial charge in [0.15, 0.2) is 0 Å². The molecule has 1 unspecified atom stereocenters. The molecule has 1 aromatic rings. The number of pyridine rings is 1. The Morgan fingerprint density at radius 2 is 2.20 bits per heavy atom. The molecule has 3 N–H and O–H groups in total. The van der Waals surface area contributed by atoms with Gasteiger partial charge in [-0.05, 0) is 24.5 Å². The molecule has 1 heterocycles. The predicted molar refractivity (Wildman–Crippen MR) is 65.2 cm³/mol. The van der Waals surface area contributed by atoms with Crippen molar-refractivity contribution < 1.29 is 0 Å². The second kappa shape index (κ2) is 5.93. The van der Waals surface area contributed by atoms with Crippen LogP contribution in [0, 0.1) is 5.92 Å². The Morgan fingerprint density at radius 1 is 1.47 bits per heavy atom. The highest BCUT2D eigenvalue weighted by molar-refractivity contribution is 6.30. The molecule has 1 rings (SSSR count). The van der Waals surface area contributed by atoms with Crippen LogP contribution in [-0.2, 0) is 0 Å². The fraction of sp³-hybridized carbons (Fsp3) is 0.545. The van der Waals surface area contributed by atoms with Crippen LogP contribution in [0.4, 0.5) is 5.82 Å². The Hall–Kier alpha value is -0.800. The van der Waals surface area contributed by atoms with Gasteiger partial charge in [-0.1, -0.05) is 25.4 Å². The number of hydrogen-bond acceptors (Lipinski definition) is 3. The molecule has 4 heteroatoms. The van der Waals surface area contributed by atoms with Crippen molar-refractivity contribution in [3.05, 3.63) is 23.4 Å². The number of nitrogens with one attached hydrogen (secondary N) is 1. The smallest absolute Gasteiger partial charge is 0.126 e. The fourth-order valence-electron chi connectivity index (χ4n) is 1.40. The Labute approximate surface area is 96.0 Å². The molecule has 0 saturated carbocycles. The number of aromatic nitrogens is 1. The maximum atomic E-state index is 5.94. The highest BCUT2D eigenvalue weighted by Crippen LogP contribution is 2.10. The number of nitrogens with zero attached hydrogens (tertiary/aromatic N) is 1. The van der Waals surface area contributed by atoms with Gasteiger partial charge in [-0.3, -0.25) is 0 Å². The van der Waals surface area contributed by atoms with Gasteiger partial charge >= 0.3 is 0 Å². The van der Waals surface area contributed by atoms with E-state index in [1.807, 2.05) is 12.1 Å². The maximum absolute atomic E-state index is 5.94. The normalized spacial score (nSPS) is 12.9. The number of rotatable bonds is 5. The number of anilines is 1. The zero-order valence-corrected chi connectivity index (χ0v) is 9.96. The second-order valence-electron chi connectivity index (χ2n) is 4.13. The van der Waals surface area contributed by atoms with Crippen molar-refractivity contribution >= 4 is 17.4 Å². The van der Waals surface area contributed by atoms with Gasteiger partial charge in [0.1, 0.15) is 5.82 Å². The van der Waals surface area contributed by atoms with Gasteiger partial charge < -0.3 is 11.1 Å². The second-order valence-corrected chi connectivity index (χ2v) is 4.57. The minimum Gasteiger partial charge on any atom is -0.369 e. The van der Waals surface area contributed by atoms with E-state index in [4.69, 9.17) is 17.3 Å². The Bertz CT molecular complexity index is 284. The molecular formula is C11H18ClN3. The minimum atomic E-state index is 0.169. The summed E-state index contributed by atoms with van der Waals surface area (Å²) in [7, 11) is 0. The van der Waals surface area contributed by atoms with Crippen LogP contribution in [0.2, 0.25) is 5.02 Å². The Balaban J connectivity index is 2.33. The molecule has 0 aliphatic heterocycles. The zero-order valence-electron chi connectivity index (χ0n) is 9.20. The molecule has 0 spiro atoms. The third-order valence-corrected chi connectivity index (χ3v) is 2.27. The lowest BCUT2D eigenvalue weighted by Gasteiger charge is -2.14. The summed E-state index contributed by atoms with van der Waals surface area (Å²) >= 11 is 5.73. The monoisotopic (exact) mass is 227 g/mol. The molecule has 1 atom stereocenters. The van der Waals surface area contributed by atoms with Crippen LogP contribution in [0.1, 0.15) is 20.3 Å². The molecule has 0 bridgehead atoms. The summed E-state index contributed by atoms with van der Waals surface area (Å²) in [6.45, 7) is 5.08. The number of nitrogens with two attached hydrogens (primary N) is 1. The van der Waals surface area contributed by atoms with E-state index in [9.17, 15) is 0 Å². The Morgan fingerprint density at radius 3 is 2.73 bits per heavy atom. The zero-order chi connectivity index (χ0) is 11.3. The van der Waals surface area contributed by atoms with Crippen molar-refractivity contribution in [2.24, 2.45) is 11.7 Å². The summed E-state index contributed by atoms with van der Waals surface area (Å²) in [6, 6.07) is 3.83. The largest absolute Gasteiger partial charge is 0.369 e. The van der Waals surface area contributed by atoms with Crippen molar-refractivity contribution in [2.45, 2.75) is 26.3 Å². The molecule has 1 aromatic heterocycles. The lowest BCUT2D eigenvalue weighted by molar-refractivity contribution is 0.508. The van der Waals surface area contributed by atoms with Crippen molar-refractivity contribution in [1.29, 1.82) is 0 Å². The van der Waals surface area contributed by atoms with E-state index in [1.54, 1.807) is 6.20 Å². The molecule has 84 valence electrons. The summed E-state index contributed by atoms with van der Waals surface area (Å²) < 4.78 is 0. The summed E-state index contributed by atoms with van der Waals surface area (Å²) in [6.07, 6.45) is 2.64. The number of hydrogen-bond donors (Lipinski definition) is 2. The lowest BCUT2D eigenvalue weighted by Crippen LogP contribution is -2.30. The number of halogens is 1. The van der Waals surface area contributed by atoms with E-state index in [2.05, 4.69) is 24.1 Å². The maximum Gasteiger partial charge on any atom is 0.126 e. The van der Waals surface area contributed by atoms with E-state index >= 15 is 0 Å². The standard InChI is InChI=1S/C11H18ClN3/c1-8(2)5-10(13)7-15-11-4-3-9(12)6-14-11/h3-4,6,8,10H,5,7,13H2,1-2H3,(H,14,15). The average molecular weight is 228 g/mol. The first-order valence-corrected chi connectivity index (χ1v) is 5.56. The first-order chi connectivity index (χ1) is 7.08. The summed E-state index contributed by atoms with van der Waals surface area (Å²) in [4.78, 5) is 4.13. The SMILES string of the molecule is CC(C)CC(N)CNc1ccc(Cl)cn1. The van der Waals surface area contributed by atoms with Crippen molar-refractivity contribution in [2.75, 3.05) is 11.9 Å². The van der Waals surface area contributed by atoms with Crippen LogP contribution >= 0.6 is 11.6 Å². The van der Waals surface area contributed by atoms with E-state index < -0.39 is 0 Å². The molecule has 0 aliphatic carbocycles. The molecule has 0 radical (unpaired) electrons. The van der Waals surface area contributed by atoms with Crippen LogP contribution in [-0.4, -0.2) is 17.6 Å². The van der Waals surface area contributed by atoms with Gasteiger partial charge in [-0.15, -0.1) is 0 Å². The van der Waals surface area contributed by atoms with Crippen LogP contribution < -0.4 is 11.1 Å². The van der Waals surface area contributed by atoms with Crippen molar-refractivity contribution in [1.82, 2.24) is 4.98 Å². The first-order valence-electron chi connectivity index (χ1n) is 5.19. The van der Waals surface area contributed by atoms with E-state index in [0.717, 1.165) is 18.8 Å². The molecule has 0 aromatic carbocycles. The van der Waals surface area contributed by atoms with Crippen molar-refractivity contribution in [3.63, 3.8) is 0 Å². The van der Waals surface area contributed by atoms with Crippen LogP contribution in [0.15, 0.2) is 18.3 Å². The highest BCUT2D eigenvalue weighted by atomic mass is 35.5. The first kappa shape index (κ1) is 12.3. The molecule has 0 fully saturated rings. The topological polar surface area (TPSA) is 50.9 Å². The van der Waals surface area contributed by atoms with Crippen LogP contribution in [0.25, 0.3) is 0 Å². The van der Waals surface area contributed by atoms with Gasteiger partial charge in [0.05, 0.1) is 5.02 Å².